The van der Waals surface area contributed by atoms with Gasteiger partial charge in [-0.25, -0.2) is 0 Å². The average Bonchev–Trinajstić information content (AvgIpc) is 2.33. The highest BCUT2D eigenvalue weighted by atomic mass is 79.9. The van der Waals surface area contributed by atoms with E-state index in [9.17, 15) is 4.79 Å². The zero-order chi connectivity index (χ0) is 14.0. The molecule has 0 radical (unpaired) electrons. The molecule has 0 saturated heterocycles. The van der Waals surface area contributed by atoms with E-state index in [0.717, 1.165) is 32.5 Å². The van der Waals surface area contributed by atoms with Crippen molar-refractivity contribution in [2.45, 2.75) is 34.1 Å². The summed E-state index contributed by atoms with van der Waals surface area (Å²) in [6.45, 7) is 7.72. The summed E-state index contributed by atoms with van der Waals surface area (Å²) >= 11 is 3.57. The van der Waals surface area contributed by atoms with Crippen LogP contribution in [0.3, 0.4) is 0 Å². The SMILES string of the molecule is COc1c(C)c(C)c(Br)c(C)c1CC(C)C(=O)O. The Hall–Kier alpha value is -1.03. The molecule has 18 heavy (non-hydrogen) atoms. The summed E-state index contributed by atoms with van der Waals surface area (Å²) in [4.78, 5) is 11.0. The van der Waals surface area contributed by atoms with Gasteiger partial charge in [-0.3, -0.25) is 4.79 Å². The predicted octanol–water partition coefficient (Wildman–Crippen LogP) is 3.65. The van der Waals surface area contributed by atoms with Crippen molar-refractivity contribution in [3.05, 3.63) is 26.7 Å². The van der Waals surface area contributed by atoms with Crippen molar-refractivity contribution in [2.24, 2.45) is 5.92 Å². The van der Waals surface area contributed by atoms with Gasteiger partial charge in [-0.2, -0.15) is 0 Å². The number of halogens is 1. The predicted molar refractivity (Wildman–Crippen MR) is 75.4 cm³/mol. The van der Waals surface area contributed by atoms with Crippen LogP contribution in [0.1, 0.15) is 29.2 Å². The summed E-state index contributed by atoms with van der Waals surface area (Å²) in [7, 11) is 1.63. The van der Waals surface area contributed by atoms with E-state index in [1.807, 2.05) is 20.8 Å². The number of hydrogen-bond donors (Lipinski definition) is 1. The monoisotopic (exact) mass is 314 g/mol. The van der Waals surface area contributed by atoms with Gasteiger partial charge in [-0.1, -0.05) is 22.9 Å². The van der Waals surface area contributed by atoms with E-state index < -0.39 is 11.9 Å². The molecule has 1 unspecified atom stereocenters. The van der Waals surface area contributed by atoms with Crippen molar-refractivity contribution >= 4 is 21.9 Å². The minimum atomic E-state index is -0.786. The van der Waals surface area contributed by atoms with Crippen LogP contribution in [0.4, 0.5) is 0 Å². The molecule has 0 bridgehead atoms. The van der Waals surface area contributed by atoms with Crippen molar-refractivity contribution < 1.29 is 14.6 Å². The number of carbonyl (C=O) groups is 1. The van der Waals surface area contributed by atoms with Crippen LogP contribution in [0.2, 0.25) is 0 Å². The number of ether oxygens (including phenoxy) is 1. The first-order chi connectivity index (χ1) is 8.31. The van der Waals surface area contributed by atoms with Gasteiger partial charge in [0.15, 0.2) is 0 Å². The number of benzene rings is 1. The number of hydrogen-bond acceptors (Lipinski definition) is 2. The third-order valence-corrected chi connectivity index (χ3v) is 4.61. The first-order valence-electron chi connectivity index (χ1n) is 5.86. The molecule has 1 rings (SSSR count). The molecular weight excluding hydrogens is 296 g/mol. The molecular formula is C14H19BrO3. The number of carboxylic acids is 1. The molecule has 1 aromatic rings. The van der Waals surface area contributed by atoms with Gasteiger partial charge in [-0.05, 0) is 49.4 Å². The molecule has 0 aliphatic rings. The molecule has 0 aromatic heterocycles. The van der Waals surface area contributed by atoms with Gasteiger partial charge in [0.1, 0.15) is 5.75 Å². The summed E-state index contributed by atoms with van der Waals surface area (Å²) < 4.78 is 6.50. The van der Waals surface area contributed by atoms with Crippen molar-refractivity contribution in [3.63, 3.8) is 0 Å². The minimum absolute atomic E-state index is 0.424. The van der Waals surface area contributed by atoms with Crippen LogP contribution in [0.5, 0.6) is 5.75 Å². The summed E-state index contributed by atoms with van der Waals surface area (Å²) in [6, 6.07) is 0. The number of methoxy groups -OCH3 is 1. The van der Waals surface area contributed by atoms with Gasteiger partial charge >= 0.3 is 5.97 Å². The summed E-state index contributed by atoms with van der Waals surface area (Å²) in [5.74, 6) is -0.404. The lowest BCUT2D eigenvalue weighted by Gasteiger charge is -2.20. The average molecular weight is 315 g/mol. The van der Waals surface area contributed by atoms with E-state index in [1.54, 1.807) is 14.0 Å². The molecule has 3 nitrogen and oxygen atoms in total. The Kier molecular flexibility index (Phi) is 4.79. The van der Waals surface area contributed by atoms with Crippen LogP contribution in [0, 0.1) is 26.7 Å². The van der Waals surface area contributed by atoms with Crippen molar-refractivity contribution in [1.29, 1.82) is 0 Å². The van der Waals surface area contributed by atoms with Gasteiger partial charge in [0.2, 0.25) is 0 Å². The molecule has 0 heterocycles. The van der Waals surface area contributed by atoms with Crippen molar-refractivity contribution in [2.75, 3.05) is 7.11 Å². The van der Waals surface area contributed by atoms with E-state index >= 15 is 0 Å². The maximum absolute atomic E-state index is 11.0. The lowest BCUT2D eigenvalue weighted by Crippen LogP contribution is -2.14. The normalized spacial score (nSPS) is 12.3. The second-order valence-corrected chi connectivity index (χ2v) is 5.44. The fraction of sp³-hybridized carbons (Fsp3) is 0.500. The zero-order valence-corrected chi connectivity index (χ0v) is 13.0. The first-order valence-corrected chi connectivity index (χ1v) is 6.65. The second-order valence-electron chi connectivity index (χ2n) is 4.64. The summed E-state index contributed by atoms with van der Waals surface area (Å²) in [5.41, 5.74) is 4.23. The third kappa shape index (κ3) is 2.69. The third-order valence-electron chi connectivity index (χ3n) is 3.42. The van der Waals surface area contributed by atoms with Gasteiger partial charge in [0.05, 0.1) is 13.0 Å². The molecule has 1 atom stereocenters. The lowest BCUT2D eigenvalue weighted by atomic mass is 9.92. The molecule has 0 aliphatic heterocycles. The summed E-state index contributed by atoms with van der Waals surface area (Å²) in [5, 5.41) is 9.04. The number of aliphatic carboxylic acids is 1. The topological polar surface area (TPSA) is 46.5 Å². The van der Waals surface area contributed by atoms with E-state index in [-0.39, 0.29) is 0 Å². The Morgan fingerprint density at radius 2 is 1.83 bits per heavy atom. The van der Waals surface area contributed by atoms with Gasteiger partial charge in [0.25, 0.3) is 0 Å². The molecule has 4 heteroatoms. The maximum Gasteiger partial charge on any atom is 0.306 e. The largest absolute Gasteiger partial charge is 0.496 e. The minimum Gasteiger partial charge on any atom is -0.496 e. The Balaban J connectivity index is 3.38. The standard InChI is InChI=1S/C14H19BrO3/c1-7(14(16)17)6-11-10(4)12(15)8(2)9(3)13(11)18-5/h7H,6H2,1-5H3,(H,16,17). The van der Waals surface area contributed by atoms with E-state index in [2.05, 4.69) is 15.9 Å². The zero-order valence-electron chi connectivity index (χ0n) is 11.4. The van der Waals surface area contributed by atoms with Crippen LogP contribution < -0.4 is 4.74 Å². The van der Waals surface area contributed by atoms with E-state index in [0.29, 0.717) is 6.42 Å². The molecule has 0 amide bonds. The first kappa shape index (κ1) is 15.0. The fourth-order valence-electron chi connectivity index (χ4n) is 2.06. The molecule has 0 saturated carbocycles. The number of carboxylic acid groups (broad SMARTS) is 1. The number of rotatable bonds is 4. The van der Waals surface area contributed by atoms with Crippen LogP contribution >= 0.6 is 15.9 Å². The quantitative estimate of drug-likeness (QED) is 0.922. The van der Waals surface area contributed by atoms with E-state index in [1.165, 1.54) is 0 Å². The Labute approximate surface area is 116 Å². The molecule has 0 fully saturated rings. The molecule has 1 N–H and O–H groups in total. The Morgan fingerprint density at radius 3 is 2.28 bits per heavy atom. The highest BCUT2D eigenvalue weighted by molar-refractivity contribution is 9.10. The maximum atomic E-state index is 11.0. The molecule has 1 aromatic carbocycles. The smallest absolute Gasteiger partial charge is 0.306 e. The second kappa shape index (κ2) is 5.74. The molecule has 100 valence electrons. The van der Waals surface area contributed by atoms with Crippen LogP contribution in [-0.4, -0.2) is 18.2 Å². The van der Waals surface area contributed by atoms with Gasteiger partial charge in [0, 0.05) is 4.47 Å². The highest BCUT2D eigenvalue weighted by Crippen LogP contribution is 2.37. The van der Waals surface area contributed by atoms with Crippen LogP contribution in [0.15, 0.2) is 4.47 Å². The van der Waals surface area contributed by atoms with Gasteiger partial charge in [-0.15, -0.1) is 0 Å². The van der Waals surface area contributed by atoms with Gasteiger partial charge < -0.3 is 9.84 Å². The Morgan fingerprint density at radius 1 is 1.28 bits per heavy atom. The van der Waals surface area contributed by atoms with Crippen LogP contribution in [0.25, 0.3) is 0 Å². The Bertz CT molecular complexity index is 481. The molecule has 0 spiro atoms. The van der Waals surface area contributed by atoms with E-state index in [4.69, 9.17) is 9.84 Å². The fourth-order valence-corrected chi connectivity index (χ4v) is 2.60. The highest BCUT2D eigenvalue weighted by Gasteiger charge is 2.21. The van der Waals surface area contributed by atoms with Crippen molar-refractivity contribution in [3.8, 4) is 5.75 Å². The van der Waals surface area contributed by atoms with Crippen LogP contribution in [-0.2, 0) is 11.2 Å². The van der Waals surface area contributed by atoms with Crippen molar-refractivity contribution in [1.82, 2.24) is 0 Å². The summed E-state index contributed by atoms with van der Waals surface area (Å²) in [6.07, 6.45) is 0.476. The molecule has 0 aliphatic carbocycles. The lowest BCUT2D eigenvalue weighted by molar-refractivity contribution is -0.141.